The summed E-state index contributed by atoms with van der Waals surface area (Å²) < 4.78 is 33.6. The van der Waals surface area contributed by atoms with Crippen LogP contribution in [0, 0.1) is 10.1 Å². The SMILES string of the molecule is COCCn1c(Sc2ccc(S(=O)(=O)N3CCCC3)cc2[N+](=O)[O-])nc2ccccc2c1=O. The van der Waals surface area contributed by atoms with E-state index in [1.807, 2.05) is 0 Å². The van der Waals surface area contributed by atoms with E-state index < -0.39 is 14.9 Å². The van der Waals surface area contributed by atoms with Crippen LogP contribution in [0.15, 0.2) is 62.2 Å². The molecule has 0 aliphatic carbocycles. The molecule has 3 aromatic rings. The largest absolute Gasteiger partial charge is 0.383 e. The molecule has 2 heterocycles. The Kier molecular flexibility index (Phi) is 6.79. The molecule has 0 radical (unpaired) electrons. The number of sulfonamides is 1. The van der Waals surface area contributed by atoms with Gasteiger partial charge < -0.3 is 4.74 Å². The van der Waals surface area contributed by atoms with Gasteiger partial charge in [0.2, 0.25) is 10.0 Å². The van der Waals surface area contributed by atoms with Crippen molar-refractivity contribution in [3.63, 3.8) is 0 Å². The number of rotatable bonds is 8. The number of ether oxygens (including phenoxy) is 1. The van der Waals surface area contributed by atoms with Crippen molar-refractivity contribution in [3.05, 3.63) is 62.9 Å². The van der Waals surface area contributed by atoms with E-state index in [0.717, 1.165) is 30.7 Å². The minimum atomic E-state index is -3.81. The van der Waals surface area contributed by atoms with Crippen LogP contribution in [0.1, 0.15) is 12.8 Å². The molecule has 0 unspecified atom stereocenters. The van der Waals surface area contributed by atoms with Crippen LogP contribution in [-0.4, -0.2) is 54.0 Å². The zero-order valence-corrected chi connectivity index (χ0v) is 19.5. The van der Waals surface area contributed by atoms with Crippen LogP contribution in [0.25, 0.3) is 10.9 Å². The molecule has 10 nitrogen and oxygen atoms in total. The molecular weight excluding hydrogens is 468 g/mol. The molecule has 174 valence electrons. The quantitative estimate of drug-likeness (QED) is 0.268. The number of nitrogens with zero attached hydrogens (tertiary/aromatic N) is 4. The molecule has 0 N–H and O–H groups in total. The van der Waals surface area contributed by atoms with Crippen LogP contribution >= 0.6 is 11.8 Å². The molecule has 12 heteroatoms. The van der Waals surface area contributed by atoms with Gasteiger partial charge in [0, 0.05) is 26.3 Å². The number of fused-ring (bicyclic) bond motifs is 1. The average molecular weight is 491 g/mol. The van der Waals surface area contributed by atoms with Crippen LogP contribution in [0.2, 0.25) is 0 Å². The third-order valence-corrected chi connectivity index (χ3v) is 8.33. The zero-order valence-electron chi connectivity index (χ0n) is 17.8. The molecular formula is C21H22N4O6S2. The van der Waals surface area contributed by atoms with Gasteiger partial charge in [0.25, 0.3) is 11.2 Å². The van der Waals surface area contributed by atoms with E-state index in [-0.39, 0.29) is 39.3 Å². The lowest BCUT2D eigenvalue weighted by atomic mass is 10.2. The Morgan fingerprint density at radius 1 is 1.18 bits per heavy atom. The van der Waals surface area contributed by atoms with Crippen molar-refractivity contribution < 1.29 is 18.1 Å². The molecule has 1 saturated heterocycles. The molecule has 1 fully saturated rings. The van der Waals surface area contributed by atoms with Gasteiger partial charge in [0.05, 0.1) is 38.8 Å². The zero-order chi connectivity index (χ0) is 23.6. The van der Waals surface area contributed by atoms with E-state index >= 15 is 0 Å². The number of aromatic nitrogens is 2. The highest BCUT2D eigenvalue weighted by molar-refractivity contribution is 7.99. The third kappa shape index (κ3) is 4.64. The van der Waals surface area contributed by atoms with Crippen molar-refractivity contribution in [1.29, 1.82) is 0 Å². The summed E-state index contributed by atoms with van der Waals surface area (Å²) in [5.41, 5.74) is -0.174. The van der Waals surface area contributed by atoms with Crippen LogP contribution < -0.4 is 5.56 Å². The third-order valence-electron chi connectivity index (χ3n) is 5.38. The van der Waals surface area contributed by atoms with Gasteiger partial charge in [-0.15, -0.1) is 0 Å². The van der Waals surface area contributed by atoms with E-state index in [1.54, 1.807) is 24.3 Å². The van der Waals surface area contributed by atoms with Crippen molar-refractivity contribution in [2.75, 3.05) is 26.8 Å². The molecule has 0 atom stereocenters. The van der Waals surface area contributed by atoms with Gasteiger partial charge in [-0.3, -0.25) is 19.5 Å². The average Bonchev–Trinajstić information content (AvgIpc) is 3.35. The smallest absolute Gasteiger partial charge is 0.284 e. The summed E-state index contributed by atoms with van der Waals surface area (Å²) in [5, 5.41) is 12.5. The number of benzene rings is 2. The second-order valence-electron chi connectivity index (χ2n) is 7.46. The summed E-state index contributed by atoms with van der Waals surface area (Å²) in [7, 11) is -2.30. The van der Waals surface area contributed by atoms with Crippen molar-refractivity contribution >= 4 is 38.4 Å². The van der Waals surface area contributed by atoms with Crippen LogP contribution in [-0.2, 0) is 21.3 Å². The molecule has 0 spiro atoms. The van der Waals surface area contributed by atoms with Crippen molar-refractivity contribution in [1.82, 2.24) is 13.9 Å². The summed E-state index contributed by atoms with van der Waals surface area (Å²) in [5.74, 6) is 0. The predicted molar refractivity (Wildman–Crippen MR) is 123 cm³/mol. The van der Waals surface area contributed by atoms with Crippen molar-refractivity contribution in [2.45, 2.75) is 34.3 Å². The summed E-state index contributed by atoms with van der Waals surface area (Å²) in [6.45, 7) is 1.27. The molecule has 1 aliphatic heterocycles. The monoisotopic (exact) mass is 490 g/mol. The Balaban J connectivity index is 1.79. The van der Waals surface area contributed by atoms with Crippen molar-refractivity contribution in [3.8, 4) is 0 Å². The highest BCUT2D eigenvalue weighted by Gasteiger charge is 2.30. The maximum Gasteiger partial charge on any atom is 0.284 e. The first-order chi connectivity index (χ1) is 15.8. The van der Waals surface area contributed by atoms with Gasteiger partial charge >= 0.3 is 0 Å². The molecule has 1 aliphatic rings. The summed E-state index contributed by atoms with van der Waals surface area (Å²) in [4.78, 5) is 28.8. The van der Waals surface area contributed by atoms with Gasteiger partial charge in [0.15, 0.2) is 5.16 Å². The number of hydrogen-bond donors (Lipinski definition) is 0. The molecule has 0 bridgehead atoms. The van der Waals surface area contributed by atoms with E-state index in [1.165, 1.54) is 28.1 Å². The lowest BCUT2D eigenvalue weighted by Crippen LogP contribution is -2.27. The molecule has 1 aromatic heterocycles. The Morgan fingerprint density at radius 3 is 2.61 bits per heavy atom. The van der Waals surface area contributed by atoms with E-state index in [9.17, 15) is 23.3 Å². The number of nitro groups is 1. The number of para-hydroxylation sites is 1. The van der Waals surface area contributed by atoms with Gasteiger partial charge in [-0.05, 0) is 48.9 Å². The molecule has 0 saturated carbocycles. The Bertz CT molecular complexity index is 1370. The van der Waals surface area contributed by atoms with Gasteiger partial charge in [-0.25, -0.2) is 13.4 Å². The maximum absolute atomic E-state index is 13.0. The van der Waals surface area contributed by atoms with Crippen molar-refractivity contribution in [2.24, 2.45) is 0 Å². The van der Waals surface area contributed by atoms with Gasteiger partial charge in [0.1, 0.15) is 0 Å². The standard InChI is InChI=1S/C21H22N4O6S2/c1-31-13-12-24-20(26)16-6-2-3-7-17(16)22-21(24)32-19-9-8-15(14-18(19)25(27)28)33(29,30)23-10-4-5-11-23/h2-3,6-9,14H,4-5,10-13H2,1H3. The summed E-state index contributed by atoms with van der Waals surface area (Å²) >= 11 is 0.946. The lowest BCUT2D eigenvalue weighted by molar-refractivity contribution is -0.388. The Morgan fingerprint density at radius 2 is 1.91 bits per heavy atom. The fourth-order valence-corrected chi connectivity index (χ4v) is 6.20. The van der Waals surface area contributed by atoms with Crippen LogP contribution in [0.4, 0.5) is 5.69 Å². The first-order valence-electron chi connectivity index (χ1n) is 10.3. The molecule has 0 amide bonds. The molecule has 2 aromatic carbocycles. The van der Waals surface area contributed by atoms with Gasteiger partial charge in [-0.2, -0.15) is 4.31 Å². The highest BCUT2D eigenvalue weighted by Crippen LogP contribution is 2.36. The van der Waals surface area contributed by atoms with E-state index in [0.29, 0.717) is 24.0 Å². The highest BCUT2D eigenvalue weighted by atomic mass is 32.2. The maximum atomic E-state index is 13.0. The number of methoxy groups -OCH3 is 1. The molecule has 4 rings (SSSR count). The van der Waals surface area contributed by atoms with E-state index in [2.05, 4.69) is 4.98 Å². The first kappa shape index (κ1) is 23.4. The fourth-order valence-electron chi connectivity index (χ4n) is 3.67. The van der Waals surface area contributed by atoms with Crippen LogP contribution in [0.5, 0.6) is 0 Å². The Hall–Kier alpha value is -2.80. The second-order valence-corrected chi connectivity index (χ2v) is 10.4. The first-order valence-corrected chi connectivity index (χ1v) is 12.5. The molecule has 33 heavy (non-hydrogen) atoms. The topological polar surface area (TPSA) is 125 Å². The summed E-state index contributed by atoms with van der Waals surface area (Å²) in [6.07, 6.45) is 1.53. The van der Waals surface area contributed by atoms with E-state index in [4.69, 9.17) is 4.74 Å². The minimum absolute atomic E-state index is 0.122. The number of hydrogen-bond acceptors (Lipinski definition) is 8. The van der Waals surface area contributed by atoms with Gasteiger partial charge in [-0.1, -0.05) is 12.1 Å². The predicted octanol–water partition coefficient (Wildman–Crippen LogP) is 2.89. The normalized spacial score (nSPS) is 14.7. The number of nitro benzene ring substituents is 1. The minimum Gasteiger partial charge on any atom is -0.383 e. The fraction of sp³-hybridized carbons (Fsp3) is 0.333. The lowest BCUT2D eigenvalue weighted by Gasteiger charge is -2.16. The Labute approximate surface area is 194 Å². The summed E-state index contributed by atoms with van der Waals surface area (Å²) in [6, 6.07) is 10.7. The second kappa shape index (κ2) is 9.59. The van der Waals surface area contributed by atoms with Crippen LogP contribution in [0.3, 0.4) is 0 Å².